The first-order valence-electron chi connectivity index (χ1n) is 7.86. The van der Waals surface area contributed by atoms with E-state index in [1.54, 1.807) is 0 Å². The van der Waals surface area contributed by atoms with Crippen LogP contribution < -0.4 is 10.2 Å². The van der Waals surface area contributed by atoms with E-state index in [9.17, 15) is 4.79 Å². The number of carbonyl (C=O) groups is 1. The number of amides is 1. The van der Waals surface area contributed by atoms with Crippen LogP contribution in [-0.4, -0.2) is 25.5 Å². The Balaban J connectivity index is 1.89. The number of aryl methyl sites for hydroxylation is 2. The van der Waals surface area contributed by atoms with Gasteiger partial charge < -0.3 is 10.2 Å². The summed E-state index contributed by atoms with van der Waals surface area (Å²) < 4.78 is 0. The monoisotopic (exact) mass is 275 g/mol. The summed E-state index contributed by atoms with van der Waals surface area (Å²) in [6.45, 7) is 6.98. The number of likely N-dealkylation sites (tertiary alicyclic amines) is 1. The van der Waals surface area contributed by atoms with E-state index >= 15 is 0 Å². The number of hydrogen-bond donors (Lipinski definition) is 2. The number of anilines is 1. The molecule has 0 radical (unpaired) electrons. The average molecular weight is 275 g/mol. The van der Waals surface area contributed by atoms with Crippen molar-refractivity contribution in [3.05, 3.63) is 29.3 Å². The number of hydrogen-bond acceptors (Lipinski definition) is 1. The lowest BCUT2D eigenvalue weighted by atomic mass is 10.1. The highest BCUT2D eigenvalue weighted by atomic mass is 16.2. The molecule has 1 aromatic carbocycles. The van der Waals surface area contributed by atoms with Crippen LogP contribution >= 0.6 is 0 Å². The van der Waals surface area contributed by atoms with Gasteiger partial charge in [-0.3, -0.25) is 4.79 Å². The van der Waals surface area contributed by atoms with E-state index in [1.807, 2.05) is 6.92 Å². The Hall–Kier alpha value is -1.35. The third-order valence-electron chi connectivity index (χ3n) is 4.14. The summed E-state index contributed by atoms with van der Waals surface area (Å²) >= 11 is 0. The molecule has 0 bridgehead atoms. The Kier molecular flexibility index (Phi) is 5.60. The second-order valence-corrected chi connectivity index (χ2v) is 6.06. The molecule has 20 heavy (non-hydrogen) atoms. The number of benzene rings is 1. The fourth-order valence-corrected chi connectivity index (χ4v) is 2.87. The molecule has 1 fully saturated rings. The molecule has 2 N–H and O–H groups in total. The quantitative estimate of drug-likeness (QED) is 0.870. The first-order valence-corrected chi connectivity index (χ1v) is 7.86. The molecule has 1 aromatic rings. The topological polar surface area (TPSA) is 33.5 Å². The van der Waals surface area contributed by atoms with Gasteiger partial charge in [0.05, 0.1) is 13.1 Å². The summed E-state index contributed by atoms with van der Waals surface area (Å²) in [5, 5.41) is 3.07. The van der Waals surface area contributed by atoms with Gasteiger partial charge in [0.25, 0.3) is 5.91 Å². The summed E-state index contributed by atoms with van der Waals surface area (Å²) in [6, 6.07) is 6.19. The summed E-state index contributed by atoms with van der Waals surface area (Å²) in [4.78, 5) is 13.6. The highest BCUT2D eigenvalue weighted by Gasteiger charge is 2.16. The molecule has 3 nitrogen and oxygen atoms in total. The van der Waals surface area contributed by atoms with Crippen molar-refractivity contribution in [1.82, 2.24) is 0 Å². The minimum absolute atomic E-state index is 0.147. The van der Waals surface area contributed by atoms with Crippen LogP contribution in [0, 0.1) is 13.8 Å². The van der Waals surface area contributed by atoms with Crippen LogP contribution in [0.1, 0.15) is 43.2 Å². The van der Waals surface area contributed by atoms with Crippen molar-refractivity contribution in [3.63, 3.8) is 0 Å². The van der Waals surface area contributed by atoms with Crippen LogP contribution in [-0.2, 0) is 4.79 Å². The third kappa shape index (κ3) is 4.64. The second-order valence-electron chi connectivity index (χ2n) is 6.06. The van der Waals surface area contributed by atoms with Gasteiger partial charge in [-0.1, -0.05) is 18.6 Å². The van der Waals surface area contributed by atoms with Crippen molar-refractivity contribution in [3.8, 4) is 0 Å². The molecule has 0 atom stereocenters. The molecular weight excluding hydrogens is 248 g/mol. The zero-order chi connectivity index (χ0) is 14.4. The van der Waals surface area contributed by atoms with E-state index in [4.69, 9.17) is 0 Å². The van der Waals surface area contributed by atoms with Crippen molar-refractivity contribution < 1.29 is 9.69 Å². The summed E-state index contributed by atoms with van der Waals surface area (Å²) in [7, 11) is 0. The number of quaternary nitrogens is 1. The predicted octanol–water partition coefficient (Wildman–Crippen LogP) is 2.09. The molecule has 2 rings (SSSR count). The van der Waals surface area contributed by atoms with E-state index < -0.39 is 0 Å². The SMILES string of the molecule is Cc1ccc(C)c(NC(=O)C[NH+]2CCCCCCC2)c1. The molecule has 1 saturated heterocycles. The van der Waals surface area contributed by atoms with Crippen LogP contribution in [0.3, 0.4) is 0 Å². The largest absolute Gasteiger partial charge is 0.327 e. The van der Waals surface area contributed by atoms with Crippen LogP contribution in [0.15, 0.2) is 18.2 Å². The van der Waals surface area contributed by atoms with E-state index in [0.29, 0.717) is 6.54 Å². The highest BCUT2D eigenvalue weighted by Crippen LogP contribution is 2.15. The predicted molar refractivity (Wildman–Crippen MR) is 83.2 cm³/mol. The lowest BCUT2D eigenvalue weighted by Crippen LogP contribution is -3.13. The maximum absolute atomic E-state index is 12.2. The van der Waals surface area contributed by atoms with Crippen molar-refractivity contribution in [2.24, 2.45) is 0 Å². The molecular formula is C17H27N2O+. The number of rotatable bonds is 3. The molecule has 0 aliphatic carbocycles. The summed E-state index contributed by atoms with van der Waals surface area (Å²) in [6.07, 6.45) is 6.52. The van der Waals surface area contributed by atoms with Gasteiger partial charge in [-0.2, -0.15) is 0 Å². The van der Waals surface area contributed by atoms with Crippen molar-refractivity contribution in [2.75, 3.05) is 25.0 Å². The highest BCUT2D eigenvalue weighted by molar-refractivity contribution is 5.92. The van der Waals surface area contributed by atoms with E-state index in [2.05, 4.69) is 30.4 Å². The lowest BCUT2D eigenvalue weighted by Gasteiger charge is -2.21. The fourth-order valence-electron chi connectivity index (χ4n) is 2.87. The first kappa shape index (κ1) is 15.0. The van der Waals surface area contributed by atoms with Crippen LogP contribution in [0.5, 0.6) is 0 Å². The van der Waals surface area contributed by atoms with E-state index in [1.165, 1.54) is 42.6 Å². The van der Waals surface area contributed by atoms with Crippen LogP contribution in [0.4, 0.5) is 5.69 Å². The van der Waals surface area contributed by atoms with Gasteiger partial charge in [0.15, 0.2) is 6.54 Å². The van der Waals surface area contributed by atoms with Crippen molar-refractivity contribution >= 4 is 11.6 Å². The van der Waals surface area contributed by atoms with E-state index in [0.717, 1.165) is 24.3 Å². The van der Waals surface area contributed by atoms with Gasteiger partial charge in [-0.05, 0) is 56.7 Å². The minimum atomic E-state index is 0.147. The van der Waals surface area contributed by atoms with E-state index in [-0.39, 0.29) is 5.91 Å². The molecule has 1 amide bonds. The van der Waals surface area contributed by atoms with Gasteiger partial charge in [0.1, 0.15) is 0 Å². The molecule has 0 spiro atoms. The second kappa shape index (κ2) is 7.44. The molecule has 110 valence electrons. The Labute approximate surface area is 122 Å². The molecule has 0 unspecified atom stereocenters. The Morgan fingerprint density at radius 3 is 2.45 bits per heavy atom. The Morgan fingerprint density at radius 2 is 1.75 bits per heavy atom. The first-order chi connectivity index (χ1) is 9.65. The lowest BCUT2D eigenvalue weighted by molar-refractivity contribution is -0.892. The van der Waals surface area contributed by atoms with Gasteiger partial charge >= 0.3 is 0 Å². The number of nitrogens with one attached hydrogen (secondary N) is 2. The minimum Gasteiger partial charge on any atom is -0.327 e. The Bertz CT molecular complexity index is 448. The summed E-state index contributed by atoms with van der Waals surface area (Å²) in [5.41, 5.74) is 3.28. The normalized spacial score (nSPS) is 17.3. The maximum Gasteiger partial charge on any atom is 0.279 e. The zero-order valence-corrected chi connectivity index (χ0v) is 12.8. The molecule has 0 aromatic heterocycles. The smallest absolute Gasteiger partial charge is 0.279 e. The standard InChI is InChI=1S/C17H26N2O/c1-14-8-9-15(2)16(12-14)18-17(20)13-19-10-6-4-3-5-7-11-19/h8-9,12H,3-7,10-11,13H2,1-2H3,(H,18,20)/p+1. The Morgan fingerprint density at radius 1 is 1.10 bits per heavy atom. The van der Waals surface area contributed by atoms with Crippen molar-refractivity contribution in [2.45, 2.75) is 46.0 Å². The van der Waals surface area contributed by atoms with Crippen LogP contribution in [0.25, 0.3) is 0 Å². The fraction of sp³-hybridized carbons (Fsp3) is 0.588. The maximum atomic E-state index is 12.2. The van der Waals surface area contributed by atoms with Gasteiger partial charge in [-0.25, -0.2) is 0 Å². The van der Waals surface area contributed by atoms with Gasteiger partial charge in [-0.15, -0.1) is 0 Å². The van der Waals surface area contributed by atoms with Crippen LogP contribution in [0.2, 0.25) is 0 Å². The molecule has 1 aliphatic rings. The molecule has 1 aliphatic heterocycles. The average Bonchev–Trinajstić information content (AvgIpc) is 2.37. The molecule has 0 saturated carbocycles. The van der Waals surface area contributed by atoms with Gasteiger partial charge in [0, 0.05) is 5.69 Å². The third-order valence-corrected chi connectivity index (χ3v) is 4.14. The zero-order valence-electron chi connectivity index (χ0n) is 12.8. The number of carbonyl (C=O) groups excluding carboxylic acids is 1. The van der Waals surface area contributed by atoms with Crippen molar-refractivity contribution in [1.29, 1.82) is 0 Å². The van der Waals surface area contributed by atoms with Gasteiger partial charge in [0.2, 0.25) is 0 Å². The molecule has 1 heterocycles. The molecule has 3 heteroatoms. The summed E-state index contributed by atoms with van der Waals surface area (Å²) in [5.74, 6) is 0.147.